The third-order valence-corrected chi connectivity index (χ3v) is 3.46. The molecule has 0 spiro atoms. The van der Waals surface area contributed by atoms with E-state index in [1.54, 1.807) is 13.2 Å². The number of hydrogen-bond donors (Lipinski definition) is 1. The zero-order chi connectivity index (χ0) is 15.4. The number of nitro groups is 1. The van der Waals surface area contributed by atoms with Crippen molar-refractivity contribution >= 4 is 27.3 Å². The second kappa shape index (κ2) is 6.53. The molecule has 0 amide bonds. The van der Waals surface area contributed by atoms with E-state index in [1.165, 1.54) is 12.1 Å². The van der Waals surface area contributed by atoms with Crippen LogP contribution in [0.3, 0.4) is 0 Å². The molecule has 0 aromatic heterocycles. The lowest BCUT2D eigenvalue weighted by Gasteiger charge is -2.09. The fraction of sp³-hybridized carbons (Fsp3) is 0.143. The molecule has 0 fully saturated rings. The largest absolute Gasteiger partial charge is 0.495 e. The van der Waals surface area contributed by atoms with Crippen LogP contribution >= 0.6 is 15.9 Å². The van der Waals surface area contributed by atoms with E-state index in [1.807, 2.05) is 12.1 Å². The number of non-ortho nitro benzene ring substituents is 1. The van der Waals surface area contributed by atoms with Gasteiger partial charge in [-0.1, -0.05) is 0 Å². The van der Waals surface area contributed by atoms with Gasteiger partial charge in [-0.05, 0) is 39.7 Å². The zero-order valence-electron chi connectivity index (χ0n) is 11.1. The minimum Gasteiger partial charge on any atom is -0.495 e. The van der Waals surface area contributed by atoms with E-state index in [0.29, 0.717) is 11.3 Å². The van der Waals surface area contributed by atoms with Crippen LogP contribution < -0.4 is 10.1 Å². The van der Waals surface area contributed by atoms with Crippen LogP contribution in [0.5, 0.6) is 5.75 Å². The molecule has 2 aromatic rings. The quantitative estimate of drug-likeness (QED) is 0.647. The third-order valence-electron chi connectivity index (χ3n) is 2.80. The normalized spacial score (nSPS) is 10.2. The summed E-state index contributed by atoms with van der Waals surface area (Å²) in [6.07, 6.45) is 0. The van der Waals surface area contributed by atoms with E-state index >= 15 is 0 Å². The lowest BCUT2D eigenvalue weighted by Crippen LogP contribution is -2.01. The Bertz CT molecular complexity index is 679. The Hall–Kier alpha value is -2.15. The van der Waals surface area contributed by atoms with Crippen molar-refractivity contribution in [3.05, 3.63) is 62.4 Å². The van der Waals surface area contributed by atoms with Gasteiger partial charge in [-0.3, -0.25) is 10.1 Å². The van der Waals surface area contributed by atoms with Crippen LogP contribution in [-0.2, 0) is 6.54 Å². The van der Waals surface area contributed by atoms with Crippen molar-refractivity contribution in [2.24, 2.45) is 0 Å². The summed E-state index contributed by atoms with van der Waals surface area (Å²) in [5.74, 6) is 0.0274. The number of rotatable bonds is 5. The van der Waals surface area contributed by atoms with Gasteiger partial charge in [-0.15, -0.1) is 0 Å². The predicted octanol–water partition coefficient (Wildman–Crippen LogP) is 4.12. The maximum Gasteiger partial charge on any atom is 0.272 e. The molecule has 1 N–H and O–H groups in total. The van der Waals surface area contributed by atoms with E-state index in [0.717, 1.165) is 16.2 Å². The van der Waals surface area contributed by atoms with Crippen LogP contribution in [-0.4, -0.2) is 12.0 Å². The number of benzene rings is 2. The molecule has 2 rings (SSSR count). The monoisotopic (exact) mass is 354 g/mol. The molecule has 21 heavy (non-hydrogen) atoms. The van der Waals surface area contributed by atoms with Gasteiger partial charge in [0.25, 0.3) is 5.69 Å². The summed E-state index contributed by atoms with van der Waals surface area (Å²) < 4.78 is 19.3. The number of anilines is 1. The number of hydrogen-bond acceptors (Lipinski definition) is 4. The van der Waals surface area contributed by atoms with Gasteiger partial charge in [0.2, 0.25) is 0 Å². The van der Waals surface area contributed by atoms with Gasteiger partial charge in [0.1, 0.15) is 11.6 Å². The molecule has 0 atom stereocenters. The van der Waals surface area contributed by atoms with Gasteiger partial charge in [0.05, 0.1) is 22.6 Å². The molecule has 2 aromatic carbocycles. The van der Waals surface area contributed by atoms with Crippen LogP contribution in [0.4, 0.5) is 15.8 Å². The van der Waals surface area contributed by atoms with Crippen LogP contribution in [0.15, 0.2) is 40.9 Å². The predicted molar refractivity (Wildman–Crippen MR) is 81.1 cm³/mol. The van der Waals surface area contributed by atoms with Crippen molar-refractivity contribution in [3.63, 3.8) is 0 Å². The minimum atomic E-state index is -0.630. The van der Waals surface area contributed by atoms with Crippen molar-refractivity contribution in [1.29, 1.82) is 0 Å². The van der Waals surface area contributed by atoms with Gasteiger partial charge in [-0.25, -0.2) is 4.39 Å². The van der Waals surface area contributed by atoms with E-state index in [4.69, 9.17) is 4.74 Å². The molecule has 0 aliphatic rings. The molecule has 110 valence electrons. The first kappa shape index (κ1) is 15.2. The summed E-state index contributed by atoms with van der Waals surface area (Å²) in [6.45, 7) is 0.267. The smallest absolute Gasteiger partial charge is 0.272 e. The fourth-order valence-corrected chi connectivity index (χ4v) is 2.22. The Kier molecular flexibility index (Phi) is 4.74. The second-order valence-electron chi connectivity index (χ2n) is 4.28. The van der Waals surface area contributed by atoms with Crippen molar-refractivity contribution in [1.82, 2.24) is 0 Å². The van der Waals surface area contributed by atoms with E-state index < -0.39 is 10.7 Å². The molecule has 0 radical (unpaired) electrons. The molecule has 0 saturated carbocycles. The van der Waals surface area contributed by atoms with Crippen molar-refractivity contribution in [2.75, 3.05) is 12.4 Å². The van der Waals surface area contributed by atoms with Gasteiger partial charge >= 0.3 is 0 Å². The topological polar surface area (TPSA) is 64.4 Å². The Morgan fingerprint density at radius 3 is 2.76 bits per heavy atom. The summed E-state index contributed by atoms with van der Waals surface area (Å²) in [7, 11) is 1.56. The second-order valence-corrected chi connectivity index (χ2v) is 5.13. The van der Waals surface area contributed by atoms with Crippen LogP contribution in [0, 0.1) is 15.9 Å². The highest BCUT2D eigenvalue weighted by Gasteiger charge is 2.10. The van der Waals surface area contributed by atoms with Crippen LogP contribution in [0.1, 0.15) is 5.56 Å². The van der Waals surface area contributed by atoms with Crippen molar-refractivity contribution < 1.29 is 14.1 Å². The molecular weight excluding hydrogens is 343 g/mol. The van der Waals surface area contributed by atoms with Crippen LogP contribution in [0.25, 0.3) is 0 Å². The number of ether oxygens (including phenoxy) is 1. The molecule has 0 heterocycles. The number of nitrogens with one attached hydrogen (secondary N) is 1. The van der Waals surface area contributed by atoms with Gasteiger partial charge < -0.3 is 10.1 Å². The molecular formula is C14H12BrFN2O3. The maximum absolute atomic E-state index is 13.3. The Labute approximate surface area is 129 Å². The first-order valence-electron chi connectivity index (χ1n) is 6.01. The Morgan fingerprint density at radius 2 is 2.10 bits per heavy atom. The SMILES string of the molecule is COc1cc(NCc2cc(F)cc([N+](=O)[O-])c2)ccc1Br. The summed E-state index contributed by atoms with van der Waals surface area (Å²) in [5.41, 5.74) is 0.991. The Morgan fingerprint density at radius 1 is 1.33 bits per heavy atom. The summed E-state index contributed by atoms with van der Waals surface area (Å²) in [4.78, 5) is 10.1. The standard InChI is InChI=1S/C14H12BrFN2O3/c1-21-14-7-11(2-3-13(14)15)17-8-9-4-10(16)6-12(5-9)18(19)20/h2-7,17H,8H2,1H3. The van der Waals surface area contributed by atoms with Gasteiger partial charge in [-0.2, -0.15) is 0 Å². The highest BCUT2D eigenvalue weighted by atomic mass is 79.9. The average molecular weight is 355 g/mol. The molecule has 0 saturated heterocycles. The summed E-state index contributed by atoms with van der Waals surface area (Å²) in [5, 5.41) is 13.8. The number of nitrogens with zero attached hydrogens (tertiary/aromatic N) is 1. The lowest BCUT2D eigenvalue weighted by molar-refractivity contribution is -0.385. The third kappa shape index (κ3) is 3.91. The summed E-state index contributed by atoms with van der Waals surface area (Å²) >= 11 is 3.34. The van der Waals surface area contributed by atoms with E-state index in [2.05, 4.69) is 21.2 Å². The fourth-order valence-electron chi connectivity index (χ4n) is 1.81. The van der Waals surface area contributed by atoms with Gasteiger partial charge in [0, 0.05) is 24.4 Å². The molecule has 0 unspecified atom stereocenters. The van der Waals surface area contributed by atoms with Crippen molar-refractivity contribution in [3.8, 4) is 5.75 Å². The lowest BCUT2D eigenvalue weighted by atomic mass is 10.2. The molecule has 5 nitrogen and oxygen atoms in total. The highest BCUT2D eigenvalue weighted by Crippen LogP contribution is 2.28. The summed E-state index contributed by atoms with van der Waals surface area (Å²) in [6, 6.07) is 8.90. The number of methoxy groups -OCH3 is 1. The van der Waals surface area contributed by atoms with E-state index in [9.17, 15) is 14.5 Å². The van der Waals surface area contributed by atoms with Gasteiger partial charge in [0.15, 0.2) is 0 Å². The zero-order valence-corrected chi connectivity index (χ0v) is 12.7. The number of nitro benzene ring substituents is 1. The van der Waals surface area contributed by atoms with Crippen LogP contribution in [0.2, 0.25) is 0 Å². The molecule has 0 aliphatic heterocycles. The molecule has 0 bridgehead atoms. The number of halogens is 2. The maximum atomic E-state index is 13.3. The first-order chi connectivity index (χ1) is 9.99. The molecule has 0 aliphatic carbocycles. The minimum absolute atomic E-state index is 0.264. The van der Waals surface area contributed by atoms with Crippen molar-refractivity contribution in [2.45, 2.75) is 6.54 Å². The Balaban J connectivity index is 2.14. The first-order valence-corrected chi connectivity index (χ1v) is 6.80. The highest BCUT2D eigenvalue weighted by molar-refractivity contribution is 9.10. The average Bonchev–Trinajstić information content (AvgIpc) is 2.45. The molecule has 7 heteroatoms. The van der Waals surface area contributed by atoms with E-state index in [-0.39, 0.29) is 12.2 Å².